The molecule has 2 nitrogen and oxygen atoms in total. The fraction of sp³-hybridized carbons (Fsp3) is 0.0833. The third-order valence-corrected chi connectivity index (χ3v) is 2.08. The van der Waals surface area contributed by atoms with E-state index in [-0.39, 0.29) is 18.3 Å². The highest BCUT2D eigenvalue weighted by Gasteiger charge is 1.99. The summed E-state index contributed by atoms with van der Waals surface area (Å²) in [7, 11) is 0. The topological polar surface area (TPSA) is 22.0 Å². The minimum absolute atomic E-state index is 0.113. The van der Waals surface area contributed by atoms with Gasteiger partial charge < -0.3 is 0 Å². The van der Waals surface area contributed by atoms with Gasteiger partial charge in [0, 0.05) is 19.3 Å². The molecule has 1 aromatic carbocycles. The van der Waals surface area contributed by atoms with E-state index in [0.717, 1.165) is 5.56 Å². The molecular formula is C12H10FNO. The normalized spacial score (nSPS) is 11.1. The van der Waals surface area contributed by atoms with Crippen molar-refractivity contribution < 1.29 is 5.76 Å². The molecule has 15 heavy (non-hydrogen) atoms. The Hall–Kier alpha value is -1.90. The zero-order chi connectivity index (χ0) is 11.5. The van der Waals surface area contributed by atoms with E-state index in [1.165, 1.54) is 34.9 Å². The summed E-state index contributed by atoms with van der Waals surface area (Å²) in [5.74, 6) is -0.339. The zero-order valence-electron chi connectivity index (χ0n) is 8.98. The van der Waals surface area contributed by atoms with Gasteiger partial charge in [-0.2, -0.15) is 0 Å². The van der Waals surface area contributed by atoms with Crippen LogP contribution in [0.15, 0.2) is 47.4 Å². The standard InChI is InChI=1S/C12H10FNO/c1-9-2-7-12(15)14(8-9)11-5-3-10(13)4-6-11/h2-8H,1H3/i1D. The summed E-state index contributed by atoms with van der Waals surface area (Å²) in [5.41, 5.74) is 1.15. The SMILES string of the molecule is [2H]Cc1ccc(=O)n(-c2ccc(F)cc2)c1. The number of rotatable bonds is 1. The molecule has 0 bridgehead atoms. The zero-order valence-corrected chi connectivity index (χ0v) is 7.98. The van der Waals surface area contributed by atoms with Crippen molar-refractivity contribution in [2.45, 2.75) is 6.90 Å². The maximum Gasteiger partial charge on any atom is 0.255 e. The number of hydrogen-bond acceptors (Lipinski definition) is 1. The molecule has 1 heterocycles. The lowest BCUT2D eigenvalue weighted by Gasteiger charge is -2.05. The number of aryl methyl sites for hydroxylation is 1. The van der Waals surface area contributed by atoms with Crippen molar-refractivity contribution in [1.82, 2.24) is 4.57 Å². The quantitative estimate of drug-likeness (QED) is 0.698. The summed E-state index contributed by atoms with van der Waals surface area (Å²) in [6, 6.07) is 8.70. The third-order valence-electron chi connectivity index (χ3n) is 2.08. The molecule has 76 valence electrons. The van der Waals surface area contributed by atoms with Gasteiger partial charge in [-0.05, 0) is 36.7 Å². The molecule has 0 fully saturated rings. The number of halogens is 1. The molecule has 0 spiro atoms. The fourth-order valence-electron chi connectivity index (χ4n) is 1.33. The average molecular weight is 204 g/mol. The first-order chi connectivity index (χ1) is 7.70. The molecule has 2 rings (SSSR count). The molecule has 1 aromatic heterocycles. The molecule has 0 aliphatic rings. The molecule has 0 N–H and O–H groups in total. The summed E-state index contributed by atoms with van der Waals surface area (Å²) in [4.78, 5) is 11.6. The van der Waals surface area contributed by atoms with E-state index in [2.05, 4.69) is 0 Å². The van der Waals surface area contributed by atoms with Crippen LogP contribution in [-0.2, 0) is 0 Å². The maximum atomic E-state index is 12.7. The Kier molecular flexibility index (Phi) is 2.07. The van der Waals surface area contributed by atoms with Gasteiger partial charge >= 0.3 is 0 Å². The predicted octanol–water partition coefficient (Wildman–Crippen LogP) is 2.29. The molecule has 0 saturated heterocycles. The second-order valence-corrected chi connectivity index (χ2v) is 3.22. The van der Waals surface area contributed by atoms with E-state index in [4.69, 9.17) is 1.37 Å². The van der Waals surface area contributed by atoms with Crippen LogP contribution in [0.5, 0.6) is 0 Å². The van der Waals surface area contributed by atoms with Crippen LogP contribution in [0.1, 0.15) is 6.93 Å². The van der Waals surface area contributed by atoms with Gasteiger partial charge in [0.1, 0.15) is 5.82 Å². The number of pyridine rings is 1. The molecule has 0 unspecified atom stereocenters. The van der Waals surface area contributed by atoms with Crippen LogP contribution in [0.3, 0.4) is 0 Å². The average Bonchev–Trinajstić information content (AvgIpc) is 2.31. The fourth-order valence-corrected chi connectivity index (χ4v) is 1.33. The Morgan fingerprint density at radius 1 is 1.20 bits per heavy atom. The highest BCUT2D eigenvalue weighted by atomic mass is 19.1. The van der Waals surface area contributed by atoms with Crippen molar-refractivity contribution in [1.29, 1.82) is 0 Å². The summed E-state index contributed by atoms with van der Waals surface area (Å²) in [6.07, 6.45) is 1.60. The van der Waals surface area contributed by atoms with Gasteiger partial charge in [0.05, 0.1) is 0 Å². The maximum absolute atomic E-state index is 12.7. The smallest absolute Gasteiger partial charge is 0.255 e. The first-order valence-electron chi connectivity index (χ1n) is 5.18. The van der Waals surface area contributed by atoms with Crippen molar-refractivity contribution in [2.75, 3.05) is 0 Å². The second kappa shape index (κ2) is 3.69. The van der Waals surface area contributed by atoms with Gasteiger partial charge in [-0.15, -0.1) is 0 Å². The van der Waals surface area contributed by atoms with E-state index in [1.54, 1.807) is 12.3 Å². The van der Waals surface area contributed by atoms with Crippen molar-refractivity contribution in [2.24, 2.45) is 0 Å². The minimum Gasteiger partial charge on any atom is -0.284 e. The van der Waals surface area contributed by atoms with Crippen LogP contribution < -0.4 is 5.56 Å². The first-order valence-corrected chi connectivity index (χ1v) is 4.47. The Bertz CT molecular complexity index is 548. The molecule has 0 amide bonds. The monoisotopic (exact) mass is 204 g/mol. The highest BCUT2D eigenvalue weighted by molar-refractivity contribution is 5.33. The molecule has 2 aromatic rings. The predicted molar refractivity (Wildman–Crippen MR) is 56.7 cm³/mol. The van der Waals surface area contributed by atoms with Crippen LogP contribution in [0.25, 0.3) is 5.69 Å². The summed E-state index contributed by atoms with van der Waals surface area (Å²) in [6.45, 7) is 0.113. The van der Waals surface area contributed by atoms with E-state index in [0.29, 0.717) is 5.69 Å². The van der Waals surface area contributed by atoms with Gasteiger partial charge in [0.2, 0.25) is 0 Å². The van der Waals surface area contributed by atoms with Gasteiger partial charge in [-0.3, -0.25) is 9.36 Å². The van der Waals surface area contributed by atoms with Crippen molar-refractivity contribution in [3.63, 3.8) is 0 Å². The van der Waals surface area contributed by atoms with Gasteiger partial charge in [0.25, 0.3) is 5.56 Å². The molecule has 0 radical (unpaired) electrons. The Balaban J connectivity index is 2.54. The van der Waals surface area contributed by atoms with Gasteiger partial charge in [-0.25, -0.2) is 4.39 Å². The van der Waals surface area contributed by atoms with Crippen LogP contribution >= 0.6 is 0 Å². The molecule has 0 atom stereocenters. The Morgan fingerprint density at radius 2 is 1.93 bits per heavy atom. The lowest BCUT2D eigenvalue weighted by molar-refractivity contribution is 0.627. The Morgan fingerprint density at radius 3 is 2.60 bits per heavy atom. The van der Waals surface area contributed by atoms with Crippen molar-refractivity contribution >= 4 is 0 Å². The number of nitrogens with zero attached hydrogens (tertiary/aromatic N) is 1. The molecule has 3 heteroatoms. The van der Waals surface area contributed by atoms with Crippen LogP contribution in [-0.4, -0.2) is 4.57 Å². The van der Waals surface area contributed by atoms with E-state index < -0.39 is 0 Å². The van der Waals surface area contributed by atoms with Crippen LogP contribution in [0, 0.1) is 12.7 Å². The van der Waals surface area contributed by atoms with E-state index in [9.17, 15) is 9.18 Å². The van der Waals surface area contributed by atoms with Crippen molar-refractivity contribution in [3.05, 3.63) is 64.3 Å². The summed E-state index contributed by atoms with van der Waals surface area (Å²) < 4.78 is 21.4. The molecule has 0 aliphatic carbocycles. The molecule has 0 aliphatic heterocycles. The highest BCUT2D eigenvalue weighted by Crippen LogP contribution is 2.07. The van der Waals surface area contributed by atoms with Gasteiger partial charge in [-0.1, -0.05) is 6.07 Å². The van der Waals surface area contributed by atoms with Crippen molar-refractivity contribution in [3.8, 4) is 5.69 Å². The summed E-state index contributed by atoms with van der Waals surface area (Å²) in [5, 5.41) is 0. The van der Waals surface area contributed by atoms with Crippen LogP contribution in [0.4, 0.5) is 4.39 Å². The van der Waals surface area contributed by atoms with E-state index >= 15 is 0 Å². The van der Waals surface area contributed by atoms with Gasteiger partial charge in [0.15, 0.2) is 0 Å². The first kappa shape index (κ1) is 8.41. The second-order valence-electron chi connectivity index (χ2n) is 3.22. The van der Waals surface area contributed by atoms with Crippen LogP contribution in [0.2, 0.25) is 0 Å². The molecule has 0 saturated carbocycles. The summed E-state index contributed by atoms with van der Waals surface area (Å²) >= 11 is 0. The Labute approximate surface area is 88.0 Å². The minimum atomic E-state index is -0.339. The third kappa shape index (κ3) is 1.96. The lowest BCUT2D eigenvalue weighted by atomic mass is 10.2. The molecular weight excluding hydrogens is 193 g/mol. The number of hydrogen-bond donors (Lipinski definition) is 0. The lowest BCUT2D eigenvalue weighted by Crippen LogP contribution is -2.16. The number of benzene rings is 1. The van der Waals surface area contributed by atoms with E-state index in [1.807, 2.05) is 0 Å². The number of aromatic nitrogens is 1. The largest absolute Gasteiger partial charge is 0.284 e.